The molecule has 0 aliphatic heterocycles. The first-order chi connectivity index (χ1) is 11.7. The molecule has 114 valence electrons. The van der Waals surface area contributed by atoms with Gasteiger partial charge in [-0.15, -0.1) is 0 Å². The lowest BCUT2D eigenvalue weighted by Crippen LogP contribution is -1.82. The molecule has 0 fully saturated rings. The molecule has 0 spiro atoms. The van der Waals surface area contributed by atoms with Gasteiger partial charge in [0.25, 0.3) is 0 Å². The maximum absolute atomic E-state index is 10.1. The highest BCUT2D eigenvalue weighted by molar-refractivity contribution is 6.18. The van der Waals surface area contributed by atoms with Crippen molar-refractivity contribution in [3.05, 3.63) is 72.8 Å². The molecule has 0 saturated heterocycles. The molecular weight excluding hydrogens is 296 g/mol. The fraction of sp³-hybridized carbons (Fsp3) is 0. The van der Waals surface area contributed by atoms with Gasteiger partial charge in [0.2, 0.25) is 0 Å². The highest BCUT2D eigenvalue weighted by Gasteiger charge is 2.10. The predicted octanol–water partition coefficient (Wildman–Crippen LogP) is 5.71. The summed E-state index contributed by atoms with van der Waals surface area (Å²) in [6.07, 6.45) is 0. The SMILES string of the molecule is Oc1ccc2c(ccc3cc4c(ccc5ccccc54)cc32)c1O. The minimum Gasteiger partial charge on any atom is -0.504 e. The van der Waals surface area contributed by atoms with E-state index in [-0.39, 0.29) is 11.5 Å². The fourth-order valence-corrected chi connectivity index (χ4v) is 3.62. The van der Waals surface area contributed by atoms with Gasteiger partial charge in [-0.3, -0.25) is 0 Å². The molecule has 0 radical (unpaired) electrons. The summed E-state index contributed by atoms with van der Waals surface area (Å²) in [5, 5.41) is 28.5. The third kappa shape index (κ3) is 1.71. The van der Waals surface area contributed by atoms with Gasteiger partial charge in [0, 0.05) is 5.39 Å². The van der Waals surface area contributed by atoms with E-state index >= 15 is 0 Å². The molecule has 0 aliphatic carbocycles. The Morgan fingerprint density at radius 2 is 1.08 bits per heavy atom. The summed E-state index contributed by atoms with van der Waals surface area (Å²) < 4.78 is 0. The average Bonchev–Trinajstić information content (AvgIpc) is 2.63. The van der Waals surface area contributed by atoms with E-state index < -0.39 is 0 Å². The molecule has 0 saturated carbocycles. The highest BCUT2D eigenvalue weighted by atomic mass is 16.3. The minimum absolute atomic E-state index is 0.0620. The van der Waals surface area contributed by atoms with Crippen molar-refractivity contribution >= 4 is 43.1 Å². The summed E-state index contributed by atoms with van der Waals surface area (Å²) in [4.78, 5) is 0. The maximum atomic E-state index is 10.1. The van der Waals surface area contributed by atoms with Crippen LogP contribution >= 0.6 is 0 Å². The van der Waals surface area contributed by atoms with E-state index in [1.54, 1.807) is 6.07 Å². The first kappa shape index (κ1) is 13.2. The molecule has 2 heteroatoms. The van der Waals surface area contributed by atoms with Crippen LogP contribution in [-0.2, 0) is 0 Å². The summed E-state index contributed by atoms with van der Waals surface area (Å²) in [5.74, 6) is -0.151. The van der Waals surface area contributed by atoms with E-state index in [9.17, 15) is 10.2 Å². The molecule has 5 rings (SSSR count). The summed E-state index contributed by atoms with van der Waals surface area (Å²) >= 11 is 0. The van der Waals surface area contributed by atoms with E-state index in [0.717, 1.165) is 16.2 Å². The Hall–Kier alpha value is -3.26. The van der Waals surface area contributed by atoms with Crippen molar-refractivity contribution in [2.75, 3.05) is 0 Å². The summed E-state index contributed by atoms with van der Waals surface area (Å²) in [7, 11) is 0. The molecule has 0 bridgehead atoms. The van der Waals surface area contributed by atoms with Crippen molar-refractivity contribution in [1.82, 2.24) is 0 Å². The lowest BCUT2D eigenvalue weighted by atomic mass is 9.95. The third-order valence-corrected chi connectivity index (χ3v) is 4.83. The van der Waals surface area contributed by atoms with E-state index in [0.29, 0.717) is 5.39 Å². The molecular formula is C22H14O2. The number of phenols is 2. The molecule has 0 amide bonds. The van der Waals surface area contributed by atoms with Crippen LogP contribution in [0.2, 0.25) is 0 Å². The number of rotatable bonds is 0. The van der Waals surface area contributed by atoms with Crippen LogP contribution in [0, 0.1) is 0 Å². The van der Waals surface area contributed by atoms with Gasteiger partial charge in [0.1, 0.15) is 0 Å². The zero-order valence-corrected chi connectivity index (χ0v) is 12.8. The van der Waals surface area contributed by atoms with Crippen LogP contribution in [0.5, 0.6) is 11.5 Å². The number of phenolic OH excluding ortho intramolecular Hbond substituents is 2. The Morgan fingerprint density at radius 1 is 0.458 bits per heavy atom. The Labute approximate surface area is 138 Å². The monoisotopic (exact) mass is 310 g/mol. The average molecular weight is 310 g/mol. The van der Waals surface area contributed by atoms with Crippen molar-refractivity contribution in [3.8, 4) is 11.5 Å². The number of aromatic hydroxyl groups is 2. The van der Waals surface area contributed by atoms with Crippen LogP contribution in [0.3, 0.4) is 0 Å². The van der Waals surface area contributed by atoms with Crippen molar-refractivity contribution in [3.63, 3.8) is 0 Å². The van der Waals surface area contributed by atoms with Crippen LogP contribution in [0.15, 0.2) is 72.8 Å². The van der Waals surface area contributed by atoms with Gasteiger partial charge < -0.3 is 10.2 Å². The van der Waals surface area contributed by atoms with Crippen molar-refractivity contribution in [2.24, 2.45) is 0 Å². The second-order valence-electron chi connectivity index (χ2n) is 6.18. The molecule has 2 N–H and O–H groups in total. The van der Waals surface area contributed by atoms with Crippen LogP contribution < -0.4 is 0 Å². The van der Waals surface area contributed by atoms with Gasteiger partial charge in [-0.25, -0.2) is 0 Å². The molecule has 5 aromatic carbocycles. The maximum Gasteiger partial charge on any atom is 0.165 e. The lowest BCUT2D eigenvalue weighted by Gasteiger charge is -2.10. The molecule has 2 nitrogen and oxygen atoms in total. The molecule has 24 heavy (non-hydrogen) atoms. The van der Waals surface area contributed by atoms with Gasteiger partial charge in [-0.1, -0.05) is 42.5 Å². The van der Waals surface area contributed by atoms with Gasteiger partial charge >= 0.3 is 0 Å². The standard InChI is InChI=1S/C22H14O2/c23-21-10-9-17-18(22(21)24)8-7-15-11-19-14(12-20(15)17)6-5-13-3-1-2-4-16(13)19/h1-12,23-24H. The van der Waals surface area contributed by atoms with Gasteiger partial charge in [0.05, 0.1) is 0 Å². The van der Waals surface area contributed by atoms with Gasteiger partial charge in [0.15, 0.2) is 11.5 Å². The normalized spacial score (nSPS) is 11.7. The molecule has 0 unspecified atom stereocenters. The largest absolute Gasteiger partial charge is 0.504 e. The van der Waals surface area contributed by atoms with E-state index in [1.807, 2.05) is 18.2 Å². The topological polar surface area (TPSA) is 40.5 Å². The lowest BCUT2D eigenvalue weighted by molar-refractivity contribution is 0.408. The molecule has 0 heterocycles. The van der Waals surface area contributed by atoms with E-state index in [4.69, 9.17) is 0 Å². The Kier molecular flexibility index (Phi) is 2.54. The number of hydrogen-bond acceptors (Lipinski definition) is 2. The molecule has 0 atom stereocenters. The number of hydrogen-bond donors (Lipinski definition) is 2. The first-order valence-electron chi connectivity index (χ1n) is 7.91. The molecule has 5 aromatic rings. The summed E-state index contributed by atoms with van der Waals surface area (Å²) in [5.41, 5.74) is 0. The highest BCUT2D eigenvalue weighted by Crippen LogP contribution is 2.38. The Bertz CT molecular complexity index is 1270. The second-order valence-corrected chi connectivity index (χ2v) is 6.18. The fourth-order valence-electron chi connectivity index (χ4n) is 3.62. The zero-order chi connectivity index (χ0) is 16.3. The molecule has 0 aromatic heterocycles. The van der Waals surface area contributed by atoms with E-state index in [2.05, 4.69) is 48.5 Å². The smallest absolute Gasteiger partial charge is 0.165 e. The third-order valence-electron chi connectivity index (χ3n) is 4.83. The quantitative estimate of drug-likeness (QED) is 0.218. The van der Waals surface area contributed by atoms with Crippen molar-refractivity contribution in [2.45, 2.75) is 0 Å². The van der Waals surface area contributed by atoms with Crippen LogP contribution in [0.4, 0.5) is 0 Å². The Balaban J connectivity index is 1.98. The van der Waals surface area contributed by atoms with Crippen LogP contribution in [-0.4, -0.2) is 10.2 Å². The Morgan fingerprint density at radius 3 is 1.92 bits per heavy atom. The summed E-state index contributed by atoms with van der Waals surface area (Å²) in [6, 6.07) is 24.3. The summed E-state index contributed by atoms with van der Waals surface area (Å²) in [6.45, 7) is 0. The first-order valence-corrected chi connectivity index (χ1v) is 7.91. The van der Waals surface area contributed by atoms with Gasteiger partial charge in [-0.05, 0) is 68.0 Å². The zero-order valence-electron chi connectivity index (χ0n) is 12.8. The van der Waals surface area contributed by atoms with Crippen molar-refractivity contribution < 1.29 is 10.2 Å². The van der Waals surface area contributed by atoms with Crippen LogP contribution in [0.25, 0.3) is 43.1 Å². The van der Waals surface area contributed by atoms with Crippen molar-refractivity contribution in [1.29, 1.82) is 0 Å². The van der Waals surface area contributed by atoms with Crippen LogP contribution in [0.1, 0.15) is 0 Å². The second kappa shape index (κ2) is 4.62. The minimum atomic E-state index is -0.0892. The number of benzene rings is 5. The van der Waals surface area contributed by atoms with Gasteiger partial charge in [-0.2, -0.15) is 0 Å². The molecule has 0 aliphatic rings. The number of fused-ring (bicyclic) bond motifs is 6. The van der Waals surface area contributed by atoms with E-state index in [1.165, 1.54) is 21.5 Å². The predicted molar refractivity (Wildman–Crippen MR) is 99.8 cm³/mol.